The van der Waals surface area contributed by atoms with Gasteiger partial charge in [-0.25, -0.2) is 0 Å². The van der Waals surface area contributed by atoms with Gasteiger partial charge < -0.3 is 10.0 Å². The van der Waals surface area contributed by atoms with Crippen molar-refractivity contribution in [1.82, 2.24) is 4.90 Å². The van der Waals surface area contributed by atoms with Gasteiger partial charge in [0.2, 0.25) is 0 Å². The number of aliphatic hydroxyl groups is 1. The fourth-order valence-corrected chi connectivity index (χ4v) is 1.62. The van der Waals surface area contributed by atoms with Gasteiger partial charge in [-0.2, -0.15) is 0 Å². The van der Waals surface area contributed by atoms with E-state index in [4.69, 9.17) is 0 Å². The maximum absolute atomic E-state index is 9.57. The van der Waals surface area contributed by atoms with Crippen molar-refractivity contribution >= 4 is 0 Å². The second kappa shape index (κ2) is 4.07. The molecule has 2 nitrogen and oxygen atoms in total. The molecule has 1 heterocycles. The molecule has 2 atom stereocenters. The number of aliphatic hydroxyl groups excluding tert-OH is 1. The summed E-state index contributed by atoms with van der Waals surface area (Å²) in [7, 11) is 2.13. The average Bonchev–Trinajstić information content (AvgIpc) is 1.98. The molecule has 0 aliphatic carbocycles. The smallest absolute Gasteiger partial charge is 0.0577 e. The molecule has 1 aliphatic rings. The fraction of sp³-hybridized carbons (Fsp3) is 1.00. The molecule has 0 bridgehead atoms. The molecule has 0 radical (unpaired) electrons. The maximum Gasteiger partial charge on any atom is 0.0577 e. The zero-order valence-corrected chi connectivity index (χ0v) is 7.58. The second-order valence-electron chi connectivity index (χ2n) is 3.78. The number of rotatable bonds is 0. The molecule has 2 unspecified atom stereocenters. The molecule has 0 aromatic carbocycles. The SMILES string of the molecule is CC1CCCN(C)CCC1O. The highest BCUT2D eigenvalue weighted by Crippen LogP contribution is 2.16. The summed E-state index contributed by atoms with van der Waals surface area (Å²) in [6, 6.07) is 0. The molecule has 0 aromatic rings. The molecule has 0 spiro atoms. The van der Waals surface area contributed by atoms with E-state index in [1.54, 1.807) is 0 Å². The van der Waals surface area contributed by atoms with Crippen LogP contribution in [0.3, 0.4) is 0 Å². The summed E-state index contributed by atoms with van der Waals surface area (Å²) in [6.07, 6.45) is 3.27. The Morgan fingerprint density at radius 2 is 2.00 bits per heavy atom. The lowest BCUT2D eigenvalue weighted by atomic mass is 9.95. The Bertz CT molecular complexity index is 116. The molecule has 2 heteroatoms. The third-order valence-electron chi connectivity index (χ3n) is 2.66. The molecule has 1 N–H and O–H groups in total. The van der Waals surface area contributed by atoms with Crippen LogP contribution in [0.1, 0.15) is 26.2 Å². The van der Waals surface area contributed by atoms with Crippen LogP contribution in [0.15, 0.2) is 0 Å². The van der Waals surface area contributed by atoms with Crippen molar-refractivity contribution in [1.29, 1.82) is 0 Å². The molecule has 1 rings (SSSR count). The highest BCUT2D eigenvalue weighted by atomic mass is 16.3. The van der Waals surface area contributed by atoms with E-state index in [1.807, 2.05) is 0 Å². The summed E-state index contributed by atoms with van der Waals surface area (Å²) in [4.78, 5) is 2.30. The highest BCUT2D eigenvalue weighted by Gasteiger charge is 2.17. The van der Waals surface area contributed by atoms with E-state index in [-0.39, 0.29) is 6.10 Å². The normalized spacial score (nSPS) is 36.3. The van der Waals surface area contributed by atoms with Crippen LogP contribution in [-0.4, -0.2) is 36.2 Å². The van der Waals surface area contributed by atoms with Gasteiger partial charge in [-0.3, -0.25) is 0 Å². The lowest BCUT2D eigenvalue weighted by molar-refractivity contribution is 0.0779. The van der Waals surface area contributed by atoms with Crippen molar-refractivity contribution in [3.63, 3.8) is 0 Å². The maximum atomic E-state index is 9.57. The summed E-state index contributed by atoms with van der Waals surface area (Å²) in [6.45, 7) is 4.39. The van der Waals surface area contributed by atoms with E-state index in [0.717, 1.165) is 13.0 Å². The van der Waals surface area contributed by atoms with Gasteiger partial charge in [-0.15, -0.1) is 0 Å². The Morgan fingerprint density at radius 3 is 2.73 bits per heavy atom. The van der Waals surface area contributed by atoms with Gasteiger partial charge in [0.05, 0.1) is 6.10 Å². The summed E-state index contributed by atoms with van der Waals surface area (Å²) in [5.74, 6) is 0.503. The van der Waals surface area contributed by atoms with Crippen LogP contribution >= 0.6 is 0 Å². The van der Waals surface area contributed by atoms with Gasteiger partial charge in [0.15, 0.2) is 0 Å². The third-order valence-corrected chi connectivity index (χ3v) is 2.66. The van der Waals surface area contributed by atoms with Crippen LogP contribution < -0.4 is 0 Å². The largest absolute Gasteiger partial charge is 0.393 e. The first-order valence-electron chi connectivity index (χ1n) is 4.57. The quantitative estimate of drug-likeness (QED) is 0.569. The Labute approximate surface area is 69.2 Å². The fourth-order valence-electron chi connectivity index (χ4n) is 1.62. The topological polar surface area (TPSA) is 23.5 Å². The van der Waals surface area contributed by atoms with E-state index in [0.29, 0.717) is 5.92 Å². The monoisotopic (exact) mass is 157 g/mol. The number of nitrogens with zero attached hydrogens (tertiary/aromatic N) is 1. The van der Waals surface area contributed by atoms with Crippen molar-refractivity contribution in [2.45, 2.75) is 32.3 Å². The average molecular weight is 157 g/mol. The highest BCUT2D eigenvalue weighted by molar-refractivity contribution is 4.70. The van der Waals surface area contributed by atoms with Crippen LogP contribution in [0.25, 0.3) is 0 Å². The van der Waals surface area contributed by atoms with E-state index in [2.05, 4.69) is 18.9 Å². The lowest BCUT2D eigenvalue weighted by Crippen LogP contribution is -2.30. The lowest BCUT2D eigenvalue weighted by Gasteiger charge is -2.26. The zero-order chi connectivity index (χ0) is 8.27. The Balaban J connectivity index is 2.34. The van der Waals surface area contributed by atoms with Crippen molar-refractivity contribution in [2.24, 2.45) is 5.92 Å². The predicted molar refractivity (Wildman–Crippen MR) is 46.5 cm³/mol. The molecule has 0 aromatic heterocycles. The molecular weight excluding hydrogens is 138 g/mol. The van der Waals surface area contributed by atoms with E-state index < -0.39 is 0 Å². The minimum absolute atomic E-state index is 0.0715. The summed E-state index contributed by atoms with van der Waals surface area (Å²) < 4.78 is 0. The summed E-state index contributed by atoms with van der Waals surface area (Å²) >= 11 is 0. The molecule has 11 heavy (non-hydrogen) atoms. The first kappa shape index (κ1) is 9.01. The van der Waals surface area contributed by atoms with Crippen LogP contribution in [-0.2, 0) is 0 Å². The standard InChI is InChI=1S/C9H19NO/c1-8-4-3-6-10(2)7-5-9(8)11/h8-9,11H,3-7H2,1-2H3. The minimum Gasteiger partial charge on any atom is -0.393 e. The van der Waals surface area contributed by atoms with Crippen LogP contribution in [0.2, 0.25) is 0 Å². The predicted octanol–water partition coefficient (Wildman–Crippen LogP) is 1.10. The molecule has 0 saturated carbocycles. The minimum atomic E-state index is -0.0715. The first-order chi connectivity index (χ1) is 5.20. The van der Waals surface area contributed by atoms with Gasteiger partial charge in [0, 0.05) is 6.54 Å². The van der Waals surface area contributed by atoms with Crippen LogP contribution in [0, 0.1) is 5.92 Å². The van der Waals surface area contributed by atoms with E-state index >= 15 is 0 Å². The Kier molecular flexibility index (Phi) is 3.34. The summed E-state index contributed by atoms with van der Waals surface area (Å²) in [5, 5.41) is 9.57. The van der Waals surface area contributed by atoms with Gasteiger partial charge in [0.25, 0.3) is 0 Å². The van der Waals surface area contributed by atoms with Gasteiger partial charge in [0.1, 0.15) is 0 Å². The van der Waals surface area contributed by atoms with Crippen molar-refractivity contribution in [3.8, 4) is 0 Å². The molecule has 66 valence electrons. The first-order valence-corrected chi connectivity index (χ1v) is 4.57. The molecule has 0 amide bonds. The number of likely N-dealkylation sites (tertiary alicyclic amines) is 1. The van der Waals surface area contributed by atoms with Gasteiger partial charge >= 0.3 is 0 Å². The Morgan fingerprint density at radius 1 is 1.27 bits per heavy atom. The zero-order valence-electron chi connectivity index (χ0n) is 7.58. The number of hydrogen-bond acceptors (Lipinski definition) is 2. The van der Waals surface area contributed by atoms with Gasteiger partial charge in [-0.1, -0.05) is 6.92 Å². The summed E-state index contributed by atoms with van der Waals surface area (Å²) in [5.41, 5.74) is 0. The van der Waals surface area contributed by atoms with E-state index in [9.17, 15) is 5.11 Å². The number of hydrogen-bond donors (Lipinski definition) is 1. The molecule has 1 aliphatic heterocycles. The Hall–Kier alpha value is -0.0800. The van der Waals surface area contributed by atoms with Crippen molar-refractivity contribution < 1.29 is 5.11 Å². The van der Waals surface area contributed by atoms with Gasteiger partial charge in [-0.05, 0) is 38.8 Å². The van der Waals surface area contributed by atoms with Crippen LogP contribution in [0.4, 0.5) is 0 Å². The molecular formula is C9H19NO. The van der Waals surface area contributed by atoms with Crippen molar-refractivity contribution in [2.75, 3.05) is 20.1 Å². The third kappa shape index (κ3) is 2.80. The van der Waals surface area contributed by atoms with E-state index in [1.165, 1.54) is 19.4 Å². The molecule has 1 saturated heterocycles. The van der Waals surface area contributed by atoms with Crippen molar-refractivity contribution in [3.05, 3.63) is 0 Å². The van der Waals surface area contributed by atoms with Crippen LogP contribution in [0.5, 0.6) is 0 Å². The second-order valence-corrected chi connectivity index (χ2v) is 3.78. The molecule has 1 fully saturated rings.